The number of carbonyl (C=O) groups is 2. The maximum Gasteiger partial charge on any atom is 0.331 e. The van der Waals surface area contributed by atoms with Crippen molar-refractivity contribution in [2.75, 3.05) is 18.5 Å². The van der Waals surface area contributed by atoms with Crippen molar-refractivity contribution >= 4 is 23.6 Å². The Labute approximate surface area is 176 Å². The van der Waals surface area contributed by atoms with E-state index < -0.39 is 11.9 Å². The highest BCUT2D eigenvalue weighted by atomic mass is 16.5. The topological polar surface area (TPSA) is 73.9 Å². The number of ether oxygens (including phenoxy) is 3. The van der Waals surface area contributed by atoms with Gasteiger partial charge in [0.05, 0.1) is 6.61 Å². The minimum Gasteiger partial charge on any atom is -0.493 e. The summed E-state index contributed by atoms with van der Waals surface area (Å²) in [4.78, 5) is 24.2. The molecule has 1 aliphatic heterocycles. The van der Waals surface area contributed by atoms with Crippen LogP contribution >= 0.6 is 0 Å². The van der Waals surface area contributed by atoms with Crippen molar-refractivity contribution < 1.29 is 23.8 Å². The lowest BCUT2D eigenvalue weighted by Gasteiger charge is -2.10. The SMILES string of the molecule is CCOc1cc2c(cc1/C=C/C(=O)OCC(=O)Nc1ccc(C)cc1C)O[C@H](C)C2. The molecule has 0 unspecified atom stereocenters. The predicted molar refractivity (Wildman–Crippen MR) is 116 cm³/mol. The zero-order valence-corrected chi connectivity index (χ0v) is 17.8. The van der Waals surface area contributed by atoms with E-state index in [0.717, 1.165) is 34.4 Å². The van der Waals surface area contributed by atoms with Crippen LogP contribution in [0.2, 0.25) is 0 Å². The summed E-state index contributed by atoms with van der Waals surface area (Å²) in [6, 6.07) is 9.53. The molecule has 2 aromatic rings. The molecule has 30 heavy (non-hydrogen) atoms. The van der Waals surface area contributed by atoms with E-state index in [2.05, 4.69) is 5.32 Å². The number of aryl methyl sites for hydroxylation is 2. The molecule has 0 fully saturated rings. The van der Waals surface area contributed by atoms with Crippen LogP contribution in [0.25, 0.3) is 6.08 Å². The number of anilines is 1. The highest BCUT2D eigenvalue weighted by molar-refractivity contribution is 5.95. The maximum atomic E-state index is 12.1. The summed E-state index contributed by atoms with van der Waals surface area (Å²) in [7, 11) is 0. The average molecular weight is 409 g/mol. The van der Waals surface area contributed by atoms with Crippen molar-refractivity contribution in [1.29, 1.82) is 0 Å². The van der Waals surface area contributed by atoms with Crippen LogP contribution < -0.4 is 14.8 Å². The first kappa shape index (κ1) is 21.4. The Hall–Kier alpha value is -3.28. The number of benzene rings is 2. The molecule has 0 aromatic heterocycles. The smallest absolute Gasteiger partial charge is 0.331 e. The molecule has 3 rings (SSSR count). The van der Waals surface area contributed by atoms with Crippen molar-refractivity contribution in [3.63, 3.8) is 0 Å². The summed E-state index contributed by atoms with van der Waals surface area (Å²) < 4.78 is 16.5. The Morgan fingerprint density at radius 2 is 2.03 bits per heavy atom. The second-order valence-corrected chi connectivity index (χ2v) is 7.37. The van der Waals surface area contributed by atoms with E-state index in [0.29, 0.717) is 18.0 Å². The van der Waals surface area contributed by atoms with E-state index >= 15 is 0 Å². The third-order valence-electron chi connectivity index (χ3n) is 4.73. The first-order valence-corrected chi connectivity index (χ1v) is 10.0. The van der Waals surface area contributed by atoms with Gasteiger partial charge in [-0.05, 0) is 57.5 Å². The molecule has 1 amide bonds. The molecular weight excluding hydrogens is 382 g/mol. The fourth-order valence-electron chi connectivity index (χ4n) is 3.35. The van der Waals surface area contributed by atoms with Crippen LogP contribution in [0.1, 0.15) is 36.1 Å². The second kappa shape index (κ2) is 9.48. The normalized spacial score (nSPS) is 14.9. The van der Waals surface area contributed by atoms with Gasteiger partial charge in [-0.3, -0.25) is 4.79 Å². The number of fused-ring (bicyclic) bond motifs is 1. The second-order valence-electron chi connectivity index (χ2n) is 7.37. The van der Waals surface area contributed by atoms with E-state index in [1.807, 2.05) is 58.0 Å². The Bertz CT molecular complexity index is 980. The fraction of sp³-hybridized carbons (Fsp3) is 0.333. The van der Waals surface area contributed by atoms with E-state index in [-0.39, 0.29) is 12.7 Å². The summed E-state index contributed by atoms with van der Waals surface area (Å²) in [6.07, 6.45) is 3.85. The lowest BCUT2D eigenvalue weighted by atomic mass is 10.1. The molecule has 2 aromatic carbocycles. The summed E-state index contributed by atoms with van der Waals surface area (Å²) >= 11 is 0. The van der Waals surface area contributed by atoms with Crippen molar-refractivity contribution in [3.8, 4) is 11.5 Å². The van der Waals surface area contributed by atoms with Crippen LogP contribution in [0.15, 0.2) is 36.4 Å². The molecule has 0 saturated carbocycles. The summed E-state index contributed by atoms with van der Waals surface area (Å²) in [5, 5.41) is 2.75. The molecule has 0 spiro atoms. The van der Waals surface area contributed by atoms with E-state index in [9.17, 15) is 9.59 Å². The Balaban J connectivity index is 1.59. The molecule has 6 heteroatoms. The van der Waals surface area contributed by atoms with Crippen LogP contribution in [-0.2, 0) is 20.7 Å². The number of hydrogen-bond acceptors (Lipinski definition) is 5. The van der Waals surface area contributed by atoms with Gasteiger partial charge in [-0.1, -0.05) is 17.7 Å². The van der Waals surface area contributed by atoms with Gasteiger partial charge in [-0.15, -0.1) is 0 Å². The maximum absolute atomic E-state index is 12.1. The Morgan fingerprint density at radius 1 is 1.23 bits per heavy atom. The van der Waals surface area contributed by atoms with Gasteiger partial charge in [0.25, 0.3) is 5.91 Å². The lowest BCUT2D eigenvalue weighted by Crippen LogP contribution is -2.20. The number of amides is 1. The zero-order valence-electron chi connectivity index (χ0n) is 17.8. The van der Waals surface area contributed by atoms with Crippen LogP contribution in [0, 0.1) is 13.8 Å². The number of nitrogens with one attached hydrogen (secondary N) is 1. The largest absolute Gasteiger partial charge is 0.493 e. The predicted octanol–water partition coefficient (Wildman–Crippen LogP) is 4.22. The van der Waals surface area contributed by atoms with Crippen molar-refractivity contribution in [2.24, 2.45) is 0 Å². The van der Waals surface area contributed by atoms with Gasteiger partial charge >= 0.3 is 5.97 Å². The first-order valence-electron chi connectivity index (χ1n) is 10.0. The van der Waals surface area contributed by atoms with Crippen molar-refractivity contribution in [3.05, 3.63) is 58.7 Å². The minimum atomic E-state index is -0.608. The molecule has 0 aliphatic carbocycles. The van der Waals surface area contributed by atoms with E-state index in [1.165, 1.54) is 6.08 Å². The van der Waals surface area contributed by atoms with Gasteiger partial charge in [0, 0.05) is 29.3 Å². The zero-order chi connectivity index (χ0) is 21.7. The Morgan fingerprint density at radius 3 is 2.77 bits per heavy atom. The number of hydrogen-bond donors (Lipinski definition) is 1. The van der Waals surface area contributed by atoms with E-state index in [1.54, 1.807) is 6.08 Å². The van der Waals surface area contributed by atoms with E-state index in [4.69, 9.17) is 14.2 Å². The fourth-order valence-corrected chi connectivity index (χ4v) is 3.35. The highest BCUT2D eigenvalue weighted by Gasteiger charge is 2.21. The molecule has 1 heterocycles. The van der Waals surface area contributed by atoms with Gasteiger partial charge in [0.2, 0.25) is 0 Å². The van der Waals surface area contributed by atoms with Crippen molar-refractivity contribution in [2.45, 2.75) is 40.2 Å². The molecule has 0 saturated heterocycles. The van der Waals surface area contributed by atoms with Crippen molar-refractivity contribution in [1.82, 2.24) is 0 Å². The lowest BCUT2D eigenvalue weighted by molar-refractivity contribution is -0.142. The summed E-state index contributed by atoms with van der Waals surface area (Å²) in [5.74, 6) is 0.485. The molecule has 6 nitrogen and oxygen atoms in total. The molecule has 0 bridgehead atoms. The molecule has 158 valence electrons. The monoisotopic (exact) mass is 409 g/mol. The standard InChI is InChI=1S/C24H27NO5/c1-5-28-21-13-19-11-17(4)30-22(19)12-18(21)7-9-24(27)29-14-23(26)25-20-8-6-15(2)10-16(20)3/h6-10,12-13,17H,5,11,14H2,1-4H3,(H,25,26)/b9-7+/t17-/m1/s1. The quantitative estimate of drug-likeness (QED) is 0.547. The number of carbonyl (C=O) groups excluding carboxylic acids is 2. The third-order valence-corrected chi connectivity index (χ3v) is 4.73. The minimum absolute atomic E-state index is 0.120. The Kier molecular flexibility index (Phi) is 6.77. The average Bonchev–Trinajstić information content (AvgIpc) is 3.05. The first-order chi connectivity index (χ1) is 14.4. The summed E-state index contributed by atoms with van der Waals surface area (Å²) in [5.41, 5.74) is 4.58. The highest BCUT2D eigenvalue weighted by Crippen LogP contribution is 2.35. The van der Waals surface area contributed by atoms with Gasteiger partial charge in [-0.25, -0.2) is 4.79 Å². The van der Waals surface area contributed by atoms with Gasteiger partial charge < -0.3 is 19.5 Å². The molecule has 1 atom stereocenters. The van der Waals surface area contributed by atoms with Crippen LogP contribution in [0.4, 0.5) is 5.69 Å². The summed E-state index contributed by atoms with van der Waals surface area (Å²) in [6.45, 7) is 7.96. The number of rotatable bonds is 7. The van der Waals surface area contributed by atoms with Gasteiger partial charge in [0.15, 0.2) is 6.61 Å². The molecule has 0 radical (unpaired) electrons. The van der Waals surface area contributed by atoms with Gasteiger partial charge in [-0.2, -0.15) is 0 Å². The number of esters is 1. The molecule has 1 N–H and O–H groups in total. The molecule has 1 aliphatic rings. The third kappa shape index (κ3) is 5.41. The van der Waals surface area contributed by atoms with Crippen LogP contribution in [0.3, 0.4) is 0 Å². The van der Waals surface area contributed by atoms with Crippen LogP contribution in [-0.4, -0.2) is 31.2 Å². The molecular formula is C24H27NO5. The van der Waals surface area contributed by atoms with Gasteiger partial charge in [0.1, 0.15) is 17.6 Å². The van der Waals surface area contributed by atoms with Crippen LogP contribution in [0.5, 0.6) is 11.5 Å².